The van der Waals surface area contributed by atoms with Crippen LogP contribution in [0.2, 0.25) is 0 Å². The van der Waals surface area contributed by atoms with Crippen molar-refractivity contribution < 1.29 is 9.59 Å². The van der Waals surface area contributed by atoms with Crippen molar-refractivity contribution in [2.45, 2.75) is 22.5 Å². The summed E-state index contributed by atoms with van der Waals surface area (Å²) in [6, 6.07) is 0. The van der Waals surface area contributed by atoms with Crippen LogP contribution in [0.3, 0.4) is 0 Å². The SMILES string of the molecule is O=C1NC(=O)[C@@H]2C[C@H](Br)[C@H](Br)C[C@H]12. The lowest BCUT2D eigenvalue weighted by atomic mass is 9.81. The predicted molar refractivity (Wildman–Crippen MR) is 54.8 cm³/mol. The Kier molecular flexibility index (Phi) is 2.49. The van der Waals surface area contributed by atoms with E-state index in [1.165, 1.54) is 0 Å². The monoisotopic (exact) mass is 309 g/mol. The molecule has 1 aliphatic heterocycles. The number of hydrogen-bond acceptors (Lipinski definition) is 2. The molecule has 0 radical (unpaired) electrons. The first kappa shape index (κ1) is 9.65. The zero-order valence-electron chi connectivity index (χ0n) is 6.80. The fraction of sp³-hybridized carbons (Fsp3) is 0.750. The van der Waals surface area contributed by atoms with Crippen LogP contribution in [0.25, 0.3) is 0 Å². The average Bonchev–Trinajstić information content (AvgIpc) is 2.31. The molecule has 4 atom stereocenters. The van der Waals surface area contributed by atoms with Gasteiger partial charge in [-0.3, -0.25) is 14.9 Å². The van der Waals surface area contributed by atoms with E-state index in [9.17, 15) is 9.59 Å². The van der Waals surface area contributed by atoms with Gasteiger partial charge in [0.2, 0.25) is 11.8 Å². The summed E-state index contributed by atoms with van der Waals surface area (Å²) in [5.41, 5.74) is 0. The highest BCUT2D eigenvalue weighted by Crippen LogP contribution is 2.40. The van der Waals surface area contributed by atoms with Gasteiger partial charge in [0, 0.05) is 9.65 Å². The molecule has 13 heavy (non-hydrogen) atoms. The Balaban J connectivity index is 2.19. The van der Waals surface area contributed by atoms with Crippen molar-refractivity contribution in [2.75, 3.05) is 0 Å². The second-order valence-corrected chi connectivity index (χ2v) is 5.92. The van der Waals surface area contributed by atoms with Gasteiger partial charge in [-0.25, -0.2) is 0 Å². The van der Waals surface area contributed by atoms with E-state index in [0.717, 1.165) is 12.8 Å². The van der Waals surface area contributed by atoms with Crippen molar-refractivity contribution in [1.29, 1.82) is 0 Å². The van der Waals surface area contributed by atoms with Crippen LogP contribution in [0.15, 0.2) is 0 Å². The van der Waals surface area contributed by atoms with Crippen LogP contribution in [0.1, 0.15) is 12.8 Å². The highest BCUT2D eigenvalue weighted by Gasteiger charge is 2.47. The summed E-state index contributed by atoms with van der Waals surface area (Å²) in [7, 11) is 0. The first-order valence-corrected chi connectivity index (χ1v) is 6.05. The molecule has 2 amide bonds. The predicted octanol–water partition coefficient (Wildman–Crippen LogP) is 1.20. The topological polar surface area (TPSA) is 46.2 Å². The van der Waals surface area contributed by atoms with Gasteiger partial charge in [-0.1, -0.05) is 31.9 Å². The van der Waals surface area contributed by atoms with Crippen molar-refractivity contribution in [3.8, 4) is 0 Å². The average molecular weight is 311 g/mol. The van der Waals surface area contributed by atoms with Gasteiger partial charge in [-0.2, -0.15) is 0 Å². The largest absolute Gasteiger partial charge is 0.296 e. The van der Waals surface area contributed by atoms with Gasteiger partial charge in [0.05, 0.1) is 11.8 Å². The fourth-order valence-corrected chi connectivity index (χ4v) is 3.23. The van der Waals surface area contributed by atoms with Crippen molar-refractivity contribution >= 4 is 43.7 Å². The molecule has 72 valence electrons. The van der Waals surface area contributed by atoms with Crippen LogP contribution in [0.4, 0.5) is 0 Å². The quantitative estimate of drug-likeness (QED) is 0.540. The molecule has 0 bridgehead atoms. The summed E-state index contributed by atoms with van der Waals surface area (Å²) >= 11 is 7.00. The molecule has 1 saturated carbocycles. The molecule has 0 spiro atoms. The smallest absolute Gasteiger partial charge is 0.230 e. The summed E-state index contributed by atoms with van der Waals surface area (Å²) < 4.78 is 0. The van der Waals surface area contributed by atoms with E-state index in [2.05, 4.69) is 37.2 Å². The van der Waals surface area contributed by atoms with E-state index in [1.807, 2.05) is 0 Å². The molecule has 2 aliphatic rings. The number of carbonyl (C=O) groups is 2. The third kappa shape index (κ3) is 1.56. The number of halogens is 2. The Bertz CT molecular complexity index is 243. The van der Waals surface area contributed by atoms with Crippen LogP contribution in [0.5, 0.6) is 0 Å². The summed E-state index contributed by atoms with van der Waals surface area (Å²) in [6.45, 7) is 0. The third-order valence-corrected chi connectivity index (χ3v) is 5.49. The minimum Gasteiger partial charge on any atom is -0.296 e. The number of nitrogens with one attached hydrogen (secondary N) is 1. The number of rotatable bonds is 0. The van der Waals surface area contributed by atoms with Gasteiger partial charge in [-0.05, 0) is 12.8 Å². The minimum absolute atomic E-state index is 0.0983. The highest BCUT2D eigenvalue weighted by molar-refractivity contribution is 9.12. The fourth-order valence-electron chi connectivity index (χ4n) is 2.00. The molecule has 0 unspecified atom stereocenters. The van der Waals surface area contributed by atoms with E-state index in [0.29, 0.717) is 9.65 Å². The van der Waals surface area contributed by atoms with E-state index in [4.69, 9.17) is 0 Å². The maximum atomic E-state index is 11.3. The molecule has 0 aromatic rings. The van der Waals surface area contributed by atoms with Crippen LogP contribution in [-0.4, -0.2) is 21.5 Å². The van der Waals surface area contributed by atoms with Crippen LogP contribution in [0, 0.1) is 11.8 Å². The number of carbonyl (C=O) groups excluding carboxylic acids is 2. The van der Waals surface area contributed by atoms with E-state index >= 15 is 0 Å². The Morgan fingerprint density at radius 3 is 1.77 bits per heavy atom. The molecule has 5 heteroatoms. The number of amides is 2. The molecular formula is C8H9Br2NO2. The first-order valence-electron chi connectivity index (χ1n) is 4.22. The Morgan fingerprint density at radius 2 is 1.38 bits per heavy atom. The maximum Gasteiger partial charge on any atom is 0.230 e. The molecule has 0 aromatic heterocycles. The van der Waals surface area contributed by atoms with E-state index in [1.54, 1.807) is 0 Å². The summed E-state index contributed by atoms with van der Waals surface area (Å²) in [4.78, 5) is 23.2. The normalized spacial score (nSPS) is 44.5. The molecule has 3 nitrogen and oxygen atoms in total. The van der Waals surface area contributed by atoms with E-state index < -0.39 is 0 Å². The molecule has 1 aliphatic carbocycles. The van der Waals surface area contributed by atoms with Crippen LogP contribution < -0.4 is 5.32 Å². The van der Waals surface area contributed by atoms with Gasteiger partial charge < -0.3 is 0 Å². The Labute approximate surface area is 92.9 Å². The Hall–Kier alpha value is 0.1000. The highest BCUT2D eigenvalue weighted by atomic mass is 79.9. The Morgan fingerprint density at radius 1 is 1.00 bits per heavy atom. The molecule has 1 heterocycles. The number of imide groups is 1. The van der Waals surface area contributed by atoms with Gasteiger partial charge in [-0.15, -0.1) is 0 Å². The van der Waals surface area contributed by atoms with E-state index in [-0.39, 0.29) is 23.7 Å². The lowest BCUT2D eigenvalue weighted by Crippen LogP contribution is -2.34. The molecule has 2 fully saturated rings. The van der Waals surface area contributed by atoms with Crippen LogP contribution in [-0.2, 0) is 9.59 Å². The van der Waals surface area contributed by atoms with Gasteiger partial charge >= 0.3 is 0 Å². The van der Waals surface area contributed by atoms with Gasteiger partial charge in [0.1, 0.15) is 0 Å². The molecule has 1 N–H and O–H groups in total. The van der Waals surface area contributed by atoms with Crippen molar-refractivity contribution in [3.05, 3.63) is 0 Å². The lowest BCUT2D eigenvalue weighted by Gasteiger charge is -2.29. The molecule has 0 aromatic carbocycles. The third-order valence-electron chi connectivity index (χ3n) is 2.76. The molecule has 2 rings (SSSR count). The van der Waals surface area contributed by atoms with Gasteiger partial charge in [0.15, 0.2) is 0 Å². The van der Waals surface area contributed by atoms with Gasteiger partial charge in [0.25, 0.3) is 0 Å². The summed E-state index contributed by atoms with van der Waals surface area (Å²) in [5.74, 6) is -0.408. The lowest BCUT2D eigenvalue weighted by molar-refractivity contribution is -0.126. The zero-order chi connectivity index (χ0) is 9.59. The number of fused-ring (bicyclic) bond motifs is 1. The summed E-state index contributed by atoms with van der Waals surface area (Å²) in [5, 5.41) is 2.38. The molecule has 1 saturated heterocycles. The van der Waals surface area contributed by atoms with Crippen LogP contribution >= 0.6 is 31.9 Å². The second-order valence-electron chi connectivity index (χ2n) is 3.57. The summed E-state index contributed by atoms with van der Waals surface area (Å²) in [6.07, 6.45) is 1.50. The van der Waals surface area contributed by atoms with Crippen molar-refractivity contribution in [1.82, 2.24) is 5.32 Å². The maximum absolute atomic E-state index is 11.3. The second kappa shape index (κ2) is 3.35. The van der Waals surface area contributed by atoms with Crippen molar-refractivity contribution in [2.24, 2.45) is 11.8 Å². The number of alkyl halides is 2. The minimum atomic E-state index is -0.106. The first-order chi connectivity index (χ1) is 6.09. The zero-order valence-corrected chi connectivity index (χ0v) is 9.97. The molecular weight excluding hydrogens is 302 g/mol. The number of hydrogen-bond donors (Lipinski definition) is 1. The van der Waals surface area contributed by atoms with Crippen molar-refractivity contribution in [3.63, 3.8) is 0 Å². The standard InChI is InChI=1S/C8H9Br2NO2/c9-5-1-3-4(2-6(5)10)8(13)11-7(3)12/h3-6H,1-2H2,(H,11,12,13)/t3-,4+,5+,6-.